The summed E-state index contributed by atoms with van der Waals surface area (Å²) in [6, 6.07) is 7.91. The predicted octanol–water partition coefficient (Wildman–Crippen LogP) is 2.07. The van der Waals surface area contributed by atoms with Gasteiger partial charge in [-0.1, -0.05) is 0 Å². The second-order valence-corrected chi connectivity index (χ2v) is 5.74. The number of hydrogen-bond acceptors (Lipinski definition) is 6. The molecule has 0 amide bonds. The first-order valence-electron chi connectivity index (χ1n) is 7.87. The summed E-state index contributed by atoms with van der Waals surface area (Å²) < 4.78 is 2.01. The summed E-state index contributed by atoms with van der Waals surface area (Å²) >= 11 is 0. The lowest BCUT2D eigenvalue weighted by Gasteiger charge is -2.17. The summed E-state index contributed by atoms with van der Waals surface area (Å²) in [6.07, 6.45) is 4.50. The third kappa shape index (κ3) is 2.69. The van der Waals surface area contributed by atoms with Gasteiger partial charge < -0.3 is 20.3 Å². The number of aromatic nitrogens is 4. The van der Waals surface area contributed by atoms with E-state index in [0.29, 0.717) is 12.5 Å². The van der Waals surface area contributed by atoms with Gasteiger partial charge in [0, 0.05) is 48.8 Å². The van der Waals surface area contributed by atoms with Crippen molar-refractivity contribution in [3.05, 3.63) is 53.7 Å². The summed E-state index contributed by atoms with van der Waals surface area (Å²) in [5.41, 5.74) is 3.59. The van der Waals surface area contributed by atoms with Gasteiger partial charge in [-0.05, 0) is 31.2 Å². The minimum absolute atomic E-state index is 0.0420. The Morgan fingerprint density at radius 3 is 2.79 bits per heavy atom. The van der Waals surface area contributed by atoms with Crippen LogP contribution >= 0.6 is 0 Å². The van der Waals surface area contributed by atoms with Crippen LogP contribution in [0.3, 0.4) is 0 Å². The Kier molecular flexibility index (Phi) is 3.62. The van der Waals surface area contributed by atoms with E-state index >= 15 is 0 Å². The van der Waals surface area contributed by atoms with Crippen LogP contribution in [0, 0.1) is 6.92 Å². The van der Waals surface area contributed by atoms with Crippen LogP contribution in [0.4, 0.5) is 11.6 Å². The molecule has 122 valence electrons. The summed E-state index contributed by atoms with van der Waals surface area (Å²) in [6.45, 7) is 3.44. The lowest BCUT2D eigenvalue weighted by atomic mass is 10.1. The first-order chi connectivity index (χ1) is 11.7. The van der Waals surface area contributed by atoms with Gasteiger partial charge in [0.15, 0.2) is 0 Å². The third-order valence-corrected chi connectivity index (χ3v) is 4.14. The van der Waals surface area contributed by atoms with E-state index in [2.05, 4.69) is 25.6 Å². The molecule has 0 spiro atoms. The van der Waals surface area contributed by atoms with Gasteiger partial charge in [0.05, 0.1) is 5.69 Å². The normalized spacial score (nSPS) is 13.5. The molecule has 1 aliphatic rings. The monoisotopic (exact) mass is 322 g/mol. The molecule has 3 aromatic rings. The van der Waals surface area contributed by atoms with Gasteiger partial charge in [0.2, 0.25) is 11.8 Å². The highest BCUT2D eigenvalue weighted by molar-refractivity contribution is 5.57. The number of hydrogen-bond donors (Lipinski definition) is 3. The van der Waals surface area contributed by atoms with Gasteiger partial charge in [-0.15, -0.1) is 0 Å². The van der Waals surface area contributed by atoms with Crippen molar-refractivity contribution in [1.82, 2.24) is 24.8 Å². The minimum Gasteiger partial charge on any atom is -0.493 e. The molecular formula is C17H18N6O. The summed E-state index contributed by atoms with van der Waals surface area (Å²) in [5, 5.41) is 16.4. The van der Waals surface area contributed by atoms with E-state index in [1.165, 1.54) is 0 Å². The predicted molar refractivity (Wildman–Crippen MR) is 90.7 cm³/mol. The lowest BCUT2D eigenvalue weighted by molar-refractivity contribution is 0.435. The Balaban J connectivity index is 1.57. The molecule has 0 unspecified atom stereocenters. The summed E-state index contributed by atoms with van der Waals surface area (Å²) in [4.78, 5) is 12.9. The molecule has 0 radical (unpaired) electrons. The van der Waals surface area contributed by atoms with Crippen molar-refractivity contribution in [1.29, 1.82) is 0 Å². The zero-order valence-corrected chi connectivity index (χ0v) is 13.3. The number of nitrogens with one attached hydrogen (secondary N) is 2. The zero-order valence-electron chi connectivity index (χ0n) is 13.3. The number of nitrogens with zero attached hydrogens (tertiary/aromatic N) is 4. The molecular weight excluding hydrogens is 304 g/mol. The average molecular weight is 322 g/mol. The van der Waals surface area contributed by atoms with Crippen molar-refractivity contribution >= 4 is 11.6 Å². The van der Waals surface area contributed by atoms with E-state index in [1.807, 2.05) is 42.0 Å². The first-order valence-corrected chi connectivity index (χ1v) is 7.87. The van der Waals surface area contributed by atoms with Crippen molar-refractivity contribution < 1.29 is 5.11 Å². The SMILES string of the molecule is Cc1nccn1-c1ccc(Nc2nc(O)c3c(n2)CCNC3)cc1. The first kappa shape index (κ1) is 14.6. The van der Waals surface area contributed by atoms with Crippen LogP contribution in [-0.4, -0.2) is 31.2 Å². The van der Waals surface area contributed by atoms with E-state index in [9.17, 15) is 5.11 Å². The molecule has 7 heteroatoms. The van der Waals surface area contributed by atoms with Gasteiger partial charge in [-0.25, -0.2) is 9.97 Å². The van der Waals surface area contributed by atoms with E-state index in [-0.39, 0.29) is 5.88 Å². The number of rotatable bonds is 3. The maximum absolute atomic E-state index is 10.1. The standard InChI is InChI=1S/C17H18N6O/c1-11-19-8-9-23(11)13-4-2-12(3-5-13)20-17-21-15-6-7-18-10-14(15)16(24)22-17/h2-5,8-9,18H,6-7,10H2,1H3,(H2,20,21,22,24). The highest BCUT2D eigenvalue weighted by atomic mass is 16.3. The van der Waals surface area contributed by atoms with E-state index in [1.54, 1.807) is 6.20 Å². The maximum atomic E-state index is 10.1. The molecule has 2 aromatic heterocycles. The van der Waals surface area contributed by atoms with Crippen LogP contribution in [-0.2, 0) is 13.0 Å². The highest BCUT2D eigenvalue weighted by Crippen LogP contribution is 2.24. The van der Waals surface area contributed by atoms with Crippen LogP contribution in [0.2, 0.25) is 0 Å². The van der Waals surface area contributed by atoms with Crippen LogP contribution in [0.25, 0.3) is 5.69 Å². The van der Waals surface area contributed by atoms with Crippen molar-refractivity contribution in [3.63, 3.8) is 0 Å². The summed E-state index contributed by atoms with van der Waals surface area (Å²) in [7, 11) is 0. The largest absolute Gasteiger partial charge is 0.493 e. The van der Waals surface area contributed by atoms with Crippen molar-refractivity contribution in [2.24, 2.45) is 0 Å². The second kappa shape index (κ2) is 5.93. The number of anilines is 2. The molecule has 4 rings (SSSR count). The second-order valence-electron chi connectivity index (χ2n) is 5.74. The molecule has 24 heavy (non-hydrogen) atoms. The maximum Gasteiger partial charge on any atom is 0.230 e. The highest BCUT2D eigenvalue weighted by Gasteiger charge is 2.17. The van der Waals surface area contributed by atoms with Crippen LogP contribution in [0.5, 0.6) is 5.88 Å². The number of benzene rings is 1. The molecule has 0 bridgehead atoms. The molecule has 0 aliphatic carbocycles. The van der Waals surface area contributed by atoms with Gasteiger partial charge in [-0.3, -0.25) is 0 Å². The Bertz CT molecular complexity index is 871. The van der Waals surface area contributed by atoms with Crippen LogP contribution < -0.4 is 10.6 Å². The van der Waals surface area contributed by atoms with Crippen molar-refractivity contribution in [2.45, 2.75) is 19.9 Å². The Morgan fingerprint density at radius 1 is 1.21 bits per heavy atom. The zero-order chi connectivity index (χ0) is 16.5. The van der Waals surface area contributed by atoms with Gasteiger partial charge in [0.1, 0.15) is 5.82 Å². The molecule has 7 nitrogen and oxygen atoms in total. The number of aromatic hydroxyl groups is 1. The fourth-order valence-electron chi connectivity index (χ4n) is 2.87. The van der Waals surface area contributed by atoms with E-state index < -0.39 is 0 Å². The minimum atomic E-state index is 0.0420. The van der Waals surface area contributed by atoms with Crippen molar-refractivity contribution in [2.75, 3.05) is 11.9 Å². The smallest absolute Gasteiger partial charge is 0.230 e. The summed E-state index contributed by atoms with van der Waals surface area (Å²) in [5.74, 6) is 1.40. The van der Waals surface area contributed by atoms with Gasteiger partial charge in [-0.2, -0.15) is 4.98 Å². The number of fused-ring (bicyclic) bond motifs is 1. The van der Waals surface area contributed by atoms with Crippen molar-refractivity contribution in [3.8, 4) is 11.6 Å². The third-order valence-electron chi connectivity index (χ3n) is 4.14. The van der Waals surface area contributed by atoms with Crippen LogP contribution in [0.1, 0.15) is 17.1 Å². The Hall–Kier alpha value is -2.93. The lowest BCUT2D eigenvalue weighted by Crippen LogP contribution is -2.25. The molecule has 3 heterocycles. The molecule has 1 aromatic carbocycles. The molecule has 0 fully saturated rings. The number of aryl methyl sites for hydroxylation is 1. The Labute approximate surface area is 139 Å². The van der Waals surface area contributed by atoms with Crippen LogP contribution in [0.15, 0.2) is 36.7 Å². The van der Waals surface area contributed by atoms with Gasteiger partial charge in [0.25, 0.3) is 0 Å². The topological polar surface area (TPSA) is 87.9 Å². The quantitative estimate of drug-likeness (QED) is 0.684. The fraction of sp³-hybridized carbons (Fsp3) is 0.235. The molecule has 0 saturated carbocycles. The fourth-order valence-corrected chi connectivity index (χ4v) is 2.87. The average Bonchev–Trinajstić information content (AvgIpc) is 3.02. The molecule has 0 atom stereocenters. The molecule has 3 N–H and O–H groups in total. The van der Waals surface area contributed by atoms with E-state index in [4.69, 9.17) is 0 Å². The molecule has 0 saturated heterocycles. The molecule has 1 aliphatic heterocycles. The Morgan fingerprint density at radius 2 is 2.04 bits per heavy atom. The van der Waals surface area contributed by atoms with E-state index in [0.717, 1.165) is 41.4 Å². The number of imidazole rings is 1. The van der Waals surface area contributed by atoms with Gasteiger partial charge >= 0.3 is 0 Å².